The van der Waals surface area contributed by atoms with Crippen molar-refractivity contribution in [2.45, 2.75) is 13.0 Å². The molecule has 1 atom stereocenters. The quantitative estimate of drug-likeness (QED) is 0.481. The lowest BCUT2D eigenvalue weighted by atomic mass is 9.93. The predicted molar refractivity (Wildman–Crippen MR) is 113 cm³/mol. The molecule has 29 heavy (non-hydrogen) atoms. The SMILES string of the molecule is COc1ccccc1-c1cc(C(=O)Nc2ccnc3[nH]ncc23)ccc1C(C)N. The smallest absolute Gasteiger partial charge is 0.255 e. The Labute approximate surface area is 167 Å². The fourth-order valence-electron chi connectivity index (χ4n) is 3.35. The van der Waals surface area contributed by atoms with Gasteiger partial charge in [0.05, 0.1) is 24.4 Å². The average molecular weight is 387 g/mol. The molecule has 0 saturated carbocycles. The zero-order valence-corrected chi connectivity index (χ0v) is 16.1. The molecule has 0 aliphatic heterocycles. The van der Waals surface area contributed by atoms with Crippen LogP contribution in [0.5, 0.6) is 5.75 Å². The first-order chi connectivity index (χ1) is 14.1. The highest BCUT2D eigenvalue weighted by Gasteiger charge is 2.17. The summed E-state index contributed by atoms with van der Waals surface area (Å²) in [6.07, 6.45) is 3.26. The Kier molecular flexibility index (Phi) is 4.97. The Morgan fingerprint density at radius 3 is 2.79 bits per heavy atom. The molecule has 4 N–H and O–H groups in total. The molecule has 0 aliphatic carbocycles. The molecule has 0 aliphatic rings. The third kappa shape index (κ3) is 3.55. The van der Waals surface area contributed by atoms with E-state index < -0.39 is 0 Å². The number of rotatable bonds is 5. The highest BCUT2D eigenvalue weighted by molar-refractivity contribution is 6.08. The molecule has 0 radical (unpaired) electrons. The fraction of sp³-hybridized carbons (Fsp3) is 0.136. The largest absolute Gasteiger partial charge is 0.496 e. The van der Waals surface area contributed by atoms with Gasteiger partial charge in [0.2, 0.25) is 0 Å². The number of aromatic nitrogens is 3. The number of fused-ring (bicyclic) bond motifs is 1. The van der Waals surface area contributed by atoms with Crippen LogP contribution in [0.3, 0.4) is 0 Å². The lowest BCUT2D eigenvalue weighted by Gasteiger charge is -2.17. The van der Waals surface area contributed by atoms with Crippen LogP contribution in [-0.2, 0) is 0 Å². The second-order valence-corrected chi connectivity index (χ2v) is 6.74. The van der Waals surface area contributed by atoms with Gasteiger partial charge in [-0.3, -0.25) is 9.89 Å². The maximum Gasteiger partial charge on any atom is 0.255 e. The fourth-order valence-corrected chi connectivity index (χ4v) is 3.35. The van der Waals surface area contributed by atoms with Gasteiger partial charge in [0.1, 0.15) is 5.75 Å². The van der Waals surface area contributed by atoms with E-state index in [2.05, 4.69) is 20.5 Å². The number of carbonyl (C=O) groups is 1. The second-order valence-electron chi connectivity index (χ2n) is 6.74. The number of pyridine rings is 1. The van der Waals surface area contributed by atoms with Gasteiger partial charge in [-0.05, 0) is 42.3 Å². The summed E-state index contributed by atoms with van der Waals surface area (Å²) in [5, 5.41) is 10.5. The van der Waals surface area contributed by atoms with Crippen LogP contribution in [0.1, 0.15) is 28.9 Å². The van der Waals surface area contributed by atoms with Crippen molar-refractivity contribution in [3.8, 4) is 16.9 Å². The van der Waals surface area contributed by atoms with Gasteiger partial charge in [-0.1, -0.05) is 24.3 Å². The summed E-state index contributed by atoms with van der Waals surface area (Å²) in [4.78, 5) is 17.2. The first-order valence-corrected chi connectivity index (χ1v) is 9.21. The third-order valence-electron chi connectivity index (χ3n) is 4.81. The number of para-hydroxylation sites is 1. The number of nitrogens with zero attached hydrogens (tertiary/aromatic N) is 2. The summed E-state index contributed by atoms with van der Waals surface area (Å²) in [7, 11) is 1.63. The average Bonchev–Trinajstić information content (AvgIpc) is 3.23. The van der Waals surface area contributed by atoms with E-state index in [1.165, 1.54) is 0 Å². The molecule has 4 aromatic rings. The van der Waals surface area contributed by atoms with E-state index in [1.807, 2.05) is 43.3 Å². The molecule has 4 rings (SSSR count). The van der Waals surface area contributed by atoms with Crippen molar-refractivity contribution in [1.29, 1.82) is 0 Å². The first-order valence-electron chi connectivity index (χ1n) is 9.21. The van der Waals surface area contributed by atoms with Gasteiger partial charge in [0.15, 0.2) is 5.65 Å². The minimum absolute atomic E-state index is 0.197. The van der Waals surface area contributed by atoms with E-state index in [9.17, 15) is 4.79 Å². The minimum atomic E-state index is -0.230. The number of nitrogens with two attached hydrogens (primary N) is 1. The number of benzene rings is 2. The highest BCUT2D eigenvalue weighted by Crippen LogP contribution is 2.35. The Hall–Kier alpha value is -3.71. The number of methoxy groups -OCH3 is 1. The summed E-state index contributed by atoms with van der Waals surface area (Å²) in [5.41, 5.74) is 10.7. The lowest BCUT2D eigenvalue weighted by Crippen LogP contribution is -2.14. The Balaban J connectivity index is 1.75. The molecule has 146 valence electrons. The molecule has 7 nitrogen and oxygen atoms in total. The van der Waals surface area contributed by atoms with Gasteiger partial charge < -0.3 is 15.8 Å². The Morgan fingerprint density at radius 1 is 1.17 bits per heavy atom. The van der Waals surface area contributed by atoms with Crippen molar-refractivity contribution in [1.82, 2.24) is 15.2 Å². The van der Waals surface area contributed by atoms with Gasteiger partial charge in [0, 0.05) is 23.4 Å². The van der Waals surface area contributed by atoms with Crippen LogP contribution in [0.25, 0.3) is 22.2 Å². The van der Waals surface area contributed by atoms with Gasteiger partial charge >= 0.3 is 0 Å². The van der Waals surface area contributed by atoms with Crippen LogP contribution in [0.15, 0.2) is 60.9 Å². The molecular formula is C22H21N5O2. The number of hydrogen-bond donors (Lipinski definition) is 3. The van der Waals surface area contributed by atoms with Crippen molar-refractivity contribution >= 4 is 22.6 Å². The van der Waals surface area contributed by atoms with Crippen LogP contribution in [0, 0.1) is 0 Å². The second kappa shape index (κ2) is 7.73. The highest BCUT2D eigenvalue weighted by atomic mass is 16.5. The van der Waals surface area contributed by atoms with Crippen molar-refractivity contribution in [2.75, 3.05) is 12.4 Å². The molecule has 0 bridgehead atoms. The van der Waals surface area contributed by atoms with E-state index in [1.54, 1.807) is 31.6 Å². The molecule has 0 spiro atoms. The molecule has 0 saturated heterocycles. The summed E-state index contributed by atoms with van der Waals surface area (Å²) in [6.45, 7) is 1.92. The number of ether oxygens (including phenoxy) is 1. The van der Waals surface area contributed by atoms with Crippen molar-refractivity contribution < 1.29 is 9.53 Å². The number of hydrogen-bond acceptors (Lipinski definition) is 5. The minimum Gasteiger partial charge on any atom is -0.496 e. The van der Waals surface area contributed by atoms with E-state index >= 15 is 0 Å². The van der Waals surface area contributed by atoms with Gasteiger partial charge in [-0.15, -0.1) is 0 Å². The summed E-state index contributed by atoms with van der Waals surface area (Å²) in [5.74, 6) is 0.493. The molecule has 1 amide bonds. The number of anilines is 1. The predicted octanol–water partition coefficient (Wildman–Crippen LogP) is 3.91. The molecule has 7 heteroatoms. The summed E-state index contributed by atoms with van der Waals surface area (Å²) < 4.78 is 5.51. The molecular weight excluding hydrogens is 366 g/mol. The normalized spacial score (nSPS) is 12.0. The monoisotopic (exact) mass is 387 g/mol. The number of amides is 1. The molecule has 2 aromatic heterocycles. The first kappa shape index (κ1) is 18.6. The van der Waals surface area contributed by atoms with Crippen LogP contribution >= 0.6 is 0 Å². The van der Waals surface area contributed by atoms with Crippen molar-refractivity contribution in [2.24, 2.45) is 5.73 Å². The van der Waals surface area contributed by atoms with E-state index in [0.29, 0.717) is 16.9 Å². The van der Waals surface area contributed by atoms with Crippen LogP contribution in [-0.4, -0.2) is 28.2 Å². The Morgan fingerprint density at radius 2 is 2.00 bits per heavy atom. The third-order valence-corrected chi connectivity index (χ3v) is 4.81. The molecule has 2 aromatic carbocycles. The van der Waals surface area contributed by atoms with E-state index in [0.717, 1.165) is 27.8 Å². The van der Waals surface area contributed by atoms with E-state index in [4.69, 9.17) is 10.5 Å². The van der Waals surface area contributed by atoms with Gasteiger partial charge in [-0.2, -0.15) is 5.10 Å². The van der Waals surface area contributed by atoms with Crippen LogP contribution in [0.2, 0.25) is 0 Å². The summed E-state index contributed by atoms with van der Waals surface area (Å²) in [6, 6.07) is 14.7. The van der Waals surface area contributed by atoms with Crippen LogP contribution in [0.4, 0.5) is 5.69 Å². The van der Waals surface area contributed by atoms with Crippen molar-refractivity contribution in [3.05, 3.63) is 72.1 Å². The number of H-pyrrole nitrogens is 1. The van der Waals surface area contributed by atoms with Crippen molar-refractivity contribution in [3.63, 3.8) is 0 Å². The Bertz CT molecular complexity index is 1180. The number of nitrogens with one attached hydrogen (secondary N) is 2. The topological polar surface area (TPSA) is 106 Å². The number of carbonyl (C=O) groups excluding carboxylic acids is 1. The van der Waals surface area contributed by atoms with Gasteiger partial charge in [0.25, 0.3) is 5.91 Å². The maximum atomic E-state index is 13.0. The van der Waals surface area contributed by atoms with E-state index in [-0.39, 0.29) is 11.9 Å². The zero-order chi connectivity index (χ0) is 20.4. The lowest BCUT2D eigenvalue weighted by molar-refractivity contribution is 0.102. The zero-order valence-electron chi connectivity index (χ0n) is 16.1. The molecule has 0 fully saturated rings. The van der Waals surface area contributed by atoms with Gasteiger partial charge in [-0.25, -0.2) is 4.98 Å². The summed E-state index contributed by atoms with van der Waals surface area (Å²) >= 11 is 0. The standard InChI is InChI=1S/C22H21N5O2/c1-13(23)15-8-7-14(11-17(15)16-5-3-4-6-20(16)29-2)22(28)26-19-9-10-24-21-18(19)12-25-27-21/h3-13H,23H2,1-2H3,(H2,24,25,26,27,28). The maximum absolute atomic E-state index is 13.0. The molecule has 2 heterocycles. The number of aromatic amines is 1. The van der Waals surface area contributed by atoms with Crippen LogP contribution < -0.4 is 15.8 Å². The molecule has 1 unspecified atom stereocenters.